The fraction of sp³-hybridized carbons (Fsp3) is 0.154. The average molecular weight is 263 g/mol. The molecular formula is C13H13NO3S. The number of hydrogen-bond acceptors (Lipinski definition) is 4. The molecule has 0 spiro atoms. The molecule has 3 N–H and O–H groups in total. The number of thiophene rings is 1. The minimum atomic E-state index is -0.333. The molecule has 0 radical (unpaired) electrons. The van der Waals surface area contributed by atoms with Crippen molar-refractivity contribution in [1.29, 1.82) is 0 Å². The molecule has 0 bridgehead atoms. The summed E-state index contributed by atoms with van der Waals surface area (Å²) < 4.78 is 0. The fourth-order valence-electron chi connectivity index (χ4n) is 1.61. The van der Waals surface area contributed by atoms with Gasteiger partial charge in [0.2, 0.25) is 0 Å². The third-order valence-electron chi connectivity index (χ3n) is 2.56. The van der Waals surface area contributed by atoms with Crippen LogP contribution in [0.2, 0.25) is 0 Å². The van der Waals surface area contributed by atoms with Crippen molar-refractivity contribution in [3.8, 4) is 11.5 Å². The van der Waals surface area contributed by atoms with E-state index in [0.29, 0.717) is 0 Å². The van der Waals surface area contributed by atoms with Gasteiger partial charge >= 0.3 is 0 Å². The predicted molar refractivity (Wildman–Crippen MR) is 70.0 cm³/mol. The lowest BCUT2D eigenvalue weighted by atomic mass is 10.1. The number of hydrogen-bond donors (Lipinski definition) is 3. The van der Waals surface area contributed by atoms with Gasteiger partial charge in [-0.25, -0.2) is 0 Å². The van der Waals surface area contributed by atoms with Crippen LogP contribution in [0.25, 0.3) is 0 Å². The summed E-state index contributed by atoms with van der Waals surface area (Å²) in [4.78, 5) is 11.9. The van der Waals surface area contributed by atoms with Crippen LogP contribution < -0.4 is 5.32 Å². The maximum Gasteiger partial charge on any atom is 0.252 e. The van der Waals surface area contributed by atoms with E-state index in [-0.39, 0.29) is 29.0 Å². The van der Waals surface area contributed by atoms with Gasteiger partial charge in [0, 0.05) is 11.6 Å². The van der Waals surface area contributed by atoms with Gasteiger partial charge in [-0.2, -0.15) is 11.3 Å². The Balaban J connectivity index is 2.12. The summed E-state index contributed by atoms with van der Waals surface area (Å²) in [5.41, 5.74) is 1.26. The second-order valence-electron chi connectivity index (χ2n) is 3.99. The molecule has 1 amide bonds. The smallest absolute Gasteiger partial charge is 0.252 e. The SMILES string of the molecule is CC(NC(=O)c1cc(O)cc(O)c1)c1ccsc1. The molecular weight excluding hydrogens is 250 g/mol. The molecule has 2 rings (SSSR count). The highest BCUT2D eigenvalue weighted by atomic mass is 32.1. The summed E-state index contributed by atoms with van der Waals surface area (Å²) in [6.07, 6.45) is 0. The van der Waals surface area contributed by atoms with E-state index < -0.39 is 0 Å². The van der Waals surface area contributed by atoms with E-state index in [1.54, 1.807) is 11.3 Å². The summed E-state index contributed by atoms with van der Waals surface area (Å²) in [5, 5.41) is 25.3. The maximum atomic E-state index is 11.9. The van der Waals surface area contributed by atoms with Crippen molar-refractivity contribution in [2.24, 2.45) is 0 Å². The number of phenolic OH excluding ortho intramolecular Hbond substituents is 2. The molecule has 2 aromatic rings. The van der Waals surface area contributed by atoms with E-state index in [0.717, 1.165) is 5.56 Å². The number of aromatic hydroxyl groups is 2. The minimum absolute atomic E-state index is 0.117. The largest absolute Gasteiger partial charge is 0.508 e. The Kier molecular flexibility index (Phi) is 3.53. The highest BCUT2D eigenvalue weighted by Gasteiger charge is 2.13. The maximum absolute atomic E-state index is 11.9. The van der Waals surface area contributed by atoms with Gasteiger partial charge in [-0.15, -0.1) is 0 Å². The van der Waals surface area contributed by atoms with Crippen LogP contribution in [0.5, 0.6) is 11.5 Å². The Labute approximate surface area is 109 Å². The molecule has 5 heteroatoms. The zero-order chi connectivity index (χ0) is 13.1. The van der Waals surface area contributed by atoms with Crippen molar-refractivity contribution in [3.05, 3.63) is 46.2 Å². The lowest BCUT2D eigenvalue weighted by molar-refractivity contribution is 0.0939. The Hall–Kier alpha value is -2.01. The van der Waals surface area contributed by atoms with Gasteiger partial charge in [0.1, 0.15) is 11.5 Å². The van der Waals surface area contributed by atoms with Gasteiger partial charge in [-0.1, -0.05) is 0 Å². The quantitative estimate of drug-likeness (QED) is 0.797. The van der Waals surface area contributed by atoms with Crippen LogP contribution in [0, 0.1) is 0 Å². The highest BCUT2D eigenvalue weighted by Crippen LogP contribution is 2.21. The van der Waals surface area contributed by atoms with Gasteiger partial charge in [0.05, 0.1) is 6.04 Å². The molecule has 1 atom stereocenters. The monoisotopic (exact) mass is 263 g/mol. The Morgan fingerprint density at radius 3 is 2.50 bits per heavy atom. The van der Waals surface area contributed by atoms with Crippen LogP contribution >= 0.6 is 11.3 Å². The zero-order valence-electron chi connectivity index (χ0n) is 9.75. The molecule has 0 saturated carbocycles. The molecule has 1 heterocycles. The van der Waals surface area contributed by atoms with E-state index >= 15 is 0 Å². The van der Waals surface area contributed by atoms with Gasteiger partial charge in [-0.05, 0) is 41.4 Å². The van der Waals surface area contributed by atoms with Crippen LogP contribution in [0.1, 0.15) is 28.9 Å². The first-order valence-corrected chi connectivity index (χ1v) is 6.36. The molecule has 4 nitrogen and oxygen atoms in total. The molecule has 94 valence electrons. The van der Waals surface area contributed by atoms with Crippen LogP contribution in [0.3, 0.4) is 0 Å². The van der Waals surface area contributed by atoms with Gasteiger partial charge in [0.15, 0.2) is 0 Å². The lowest BCUT2D eigenvalue weighted by Gasteiger charge is -2.12. The number of benzene rings is 1. The number of rotatable bonds is 3. The second-order valence-corrected chi connectivity index (χ2v) is 4.77. The number of nitrogens with one attached hydrogen (secondary N) is 1. The molecule has 0 aliphatic heterocycles. The summed E-state index contributed by atoms with van der Waals surface area (Å²) in [6.45, 7) is 1.88. The van der Waals surface area contributed by atoms with Crippen molar-refractivity contribution in [2.75, 3.05) is 0 Å². The molecule has 0 saturated heterocycles. The molecule has 0 fully saturated rings. The molecule has 1 aromatic heterocycles. The Bertz CT molecular complexity index is 531. The third-order valence-corrected chi connectivity index (χ3v) is 3.26. The zero-order valence-corrected chi connectivity index (χ0v) is 10.6. The molecule has 0 aliphatic carbocycles. The first-order chi connectivity index (χ1) is 8.56. The second kappa shape index (κ2) is 5.10. The van der Waals surface area contributed by atoms with Gasteiger partial charge < -0.3 is 15.5 Å². The van der Waals surface area contributed by atoms with E-state index in [4.69, 9.17) is 0 Å². The predicted octanol–water partition coefficient (Wildman–Crippen LogP) is 2.65. The number of carbonyl (C=O) groups excluding carboxylic acids is 1. The number of carbonyl (C=O) groups is 1. The van der Waals surface area contributed by atoms with E-state index in [2.05, 4.69) is 5.32 Å². The summed E-state index contributed by atoms with van der Waals surface area (Å²) in [7, 11) is 0. The van der Waals surface area contributed by atoms with Crippen molar-refractivity contribution >= 4 is 17.2 Å². The normalized spacial score (nSPS) is 12.1. The average Bonchev–Trinajstić information content (AvgIpc) is 2.80. The summed E-state index contributed by atoms with van der Waals surface area (Å²) in [6, 6.07) is 5.63. The molecule has 1 aromatic carbocycles. The van der Waals surface area contributed by atoms with E-state index in [1.807, 2.05) is 23.8 Å². The highest BCUT2D eigenvalue weighted by molar-refractivity contribution is 7.07. The topological polar surface area (TPSA) is 69.6 Å². The van der Waals surface area contributed by atoms with Crippen molar-refractivity contribution < 1.29 is 15.0 Å². The first kappa shape index (κ1) is 12.4. The standard InChI is InChI=1S/C13H13NO3S/c1-8(9-2-3-18-7-9)14-13(17)10-4-11(15)6-12(16)5-10/h2-8,15-16H,1H3,(H,14,17). The summed E-state index contributed by atoms with van der Waals surface area (Å²) >= 11 is 1.56. The number of amides is 1. The van der Waals surface area contributed by atoms with Crippen molar-refractivity contribution in [2.45, 2.75) is 13.0 Å². The van der Waals surface area contributed by atoms with Crippen LogP contribution in [0.15, 0.2) is 35.0 Å². The minimum Gasteiger partial charge on any atom is -0.508 e. The summed E-state index contributed by atoms with van der Waals surface area (Å²) in [5.74, 6) is -0.605. The van der Waals surface area contributed by atoms with Crippen LogP contribution in [0.4, 0.5) is 0 Å². The molecule has 1 unspecified atom stereocenters. The molecule has 18 heavy (non-hydrogen) atoms. The van der Waals surface area contributed by atoms with Crippen LogP contribution in [-0.2, 0) is 0 Å². The van der Waals surface area contributed by atoms with E-state index in [9.17, 15) is 15.0 Å². The van der Waals surface area contributed by atoms with Gasteiger partial charge in [0.25, 0.3) is 5.91 Å². The third kappa shape index (κ3) is 2.81. The van der Waals surface area contributed by atoms with E-state index in [1.165, 1.54) is 18.2 Å². The fourth-order valence-corrected chi connectivity index (χ4v) is 2.37. The van der Waals surface area contributed by atoms with Crippen molar-refractivity contribution in [3.63, 3.8) is 0 Å². The number of phenols is 2. The Morgan fingerprint density at radius 1 is 1.28 bits per heavy atom. The molecule has 0 aliphatic rings. The Morgan fingerprint density at radius 2 is 1.94 bits per heavy atom. The van der Waals surface area contributed by atoms with Crippen LogP contribution in [-0.4, -0.2) is 16.1 Å². The van der Waals surface area contributed by atoms with Crippen molar-refractivity contribution in [1.82, 2.24) is 5.32 Å². The van der Waals surface area contributed by atoms with Gasteiger partial charge in [-0.3, -0.25) is 4.79 Å². The first-order valence-electron chi connectivity index (χ1n) is 5.42. The lowest BCUT2D eigenvalue weighted by Crippen LogP contribution is -2.26.